The maximum absolute atomic E-state index is 12.6. The van der Waals surface area contributed by atoms with Gasteiger partial charge in [0.1, 0.15) is 5.75 Å². The Morgan fingerprint density at radius 3 is 2.00 bits per heavy atom. The second-order valence-corrected chi connectivity index (χ2v) is 6.72. The highest BCUT2D eigenvalue weighted by Gasteiger charge is 2.21. The molecule has 6 heteroatoms. The van der Waals surface area contributed by atoms with Crippen molar-refractivity contribution in [3.05, 3.63) is 54.1 Å². The number of carbonyl (C=O) groups excluding carboxylic acids is 1. The molecular weight excluding hydrogens is 302 g/mol. The molecule has 0 aliphatic heterocycles. The number of carbonyl (C=O) groups is 1. The minimum Gasteiger partial charge on any atom is -0.497 e. The highest BCUT2D eigenvalue weighted by Crippen LogP contribution is 2.24. The van der Waals surface area contributed by atoms with Gasteiger partial charge in [-0.25, -0.2) is 8.42 Å². The fourth-order valence-corrected chi connectivity index (χ4v) is 3.15. The van der Waals surface area contributed by atoms with Crippen molar-refractivity contribution in [3.63, 3.8) is 0 Å². The first-order valence-corrected chi connectivity index (χ1v) is 8.04. The summed E-state index contributed by atoms with van der Waals surface area (Å²) in [7, 11) is -0.643. The number of nitrogens with zero attached hydrogens (tertiary/aromatic N) is 1. The van der Waals surface area contributed by atoms with Crippen molar-refractivity contribution < 1.29 is 17.9 Å². The fraction of sp³-hybridized carbons (Fsp3) is 0.188. The molecule has 0 N–H and O–H groups in total. The minimum absolute atomic E-state index is 0.104. The highest BCUT2D eigenvalue weighted by atomic mass is 32.2. The van der Waals surface area contributed by atoms with Gasteiger partial charge in [-0.15, -0.1) is 0 Å². The Morgan fingerprint density at radius 1 is 1.00 bits per heavy atom. The van der Waals surface area contributed by atoms with E-state index < -0.39 is 10.0 Å². The van der Waals surface area contributed by atoms with Gasteiger partial charge in [-0.05, 0) is 43.3 Å². The van der Waals surface area contributed by atoms with Gasteiger partial charge in [-0.3, -0.25) is 9.10 Å². The zero-order valence-corrected chi connectivity index (χ0v) is 13.4. The van der Waals surface area contributed by atoms with Crippen molar-refractivity contribution in [1.29, 1.82) is 0 Å². The van der Waals surface area contributed by atoms with Crippen LogP contribution in [0.5, 0.6) is 5.75 Å². The van der Waals surface area contributed by atoms with Crippen molar-refractivity contribution in [2.45, 2.75) is 11.8 Å². The SMILES string of the molecule is COc1ccc(N(C)S(=O)(=O)c2ccc(C(C)=O)cc2)cc1. The summed E-state index contributed by atoms with van der Waals surface area (Å²) in [4.78, 5) is 11.4. The van der Waals surface area contributed by atoms with E-state index in [0.29, 0.717) is 17.0 Å². The van der Waals surface area contributed by atoms with Crippen molar-refractivity contribution in [2.75, 3.05) is 18.5 Å². The fourth-order valence-electron chi connectivity index (χ4n) is 1.95. The average molecular weight is 319 g/mol. The molecule has 0 spiro atoms. The van der Waals surface area contributed by atoms with Gasteiger partial charge in [0.15, 0.2) is 5.78 Å². The molecule has 0 aliphatic rings. The number of ketones is 1. The van der Waals surface area contributed by atoms with Crippen LogP contribution in [0.25, 0.3) is 0 Å². The van der Waals surface area contributed by atoms with Gasteiger partial charge in [0.05, 0.1) is 17.7 Å². The molecule has 0 aliphatic carbocycles. The molecule has 0 amide bonds. The smallest absolute Gasteiger partial charge is 0.264 e. The number of sulfonamides is 1. The summed E-state index contributed by atoms with van der Waals surface area (Å²) >= 11 is 0. The molecule has 0 unspecified atom stereocenters. The van der Waals surface area contributed by atoms with Crippen molar-refractivity contribution >= 4 is 21.5 Å². The maximum Gasteiger partial charge on any atom is 0.264 e. The summed E-state index contributed by atoms with van der Waals surface area (Å²) in [6.07, 6.45) is 0. The molecule has 0 heterocycles. The summed E-state index contributed by atoms with van der Waals surface area (Å²) in [5.74, 6) is 0.549. The maximum atomic E-state index is 12.6. The van der Waals surface area contributed by atoms with E-state index in [9.17, 15) is 13.2 Å². The molecule has 0 aromatic heterocycles. The number of rotatable bonds is 5. The number of benzene rings is 2. The molecule has 0 saturated carbocycles. The zero-order chi connectivity index (χ0) is 16.3. The number of methoxy groups -OCH3 is 1. The molecule has 5 nitrogen and oxygen atoms in total. The van der Waals surface area contributed by atoms with Gasteiger partial charge in [0.25, 0.3) is 10.0 Å². The summed E-state index contributed by atoms with van der Waals surface area (Å²) in [5, 5.41) is 0. The largest absolute Gasteiger partial charge is 0.497 e. The van der Waals surface area contributed by atoms with Gasteiger partial charge >= 0.3 is 0 Å². The summed E-state index contributed by atoms with van der Waals surface area (Å²) < 4.78 is 31.4. The number of anilines is 1. The van der Waals surface area contributed by atoms with Crippen LogP contribution in [-0.4, -0.2) is 28.4 Å². The summed E-state index contributed by atoms with van der Waals surface area (Å²) in [6.45, 7) is 1.44. The van der Waals surface area contributed by atoms with Gasteiger partial charge in [0.2, 0.25) is 0 Å². The summed E-state index contributed by atoms with van der Waals surface area (Å²) in [5.41, 5.74) is 1.00. The Labute approximate surface area is 130 Å². The molecule has 2 rings (SSSR count). The van der Waals surface area contributed by atoms with Crippen LogP contribution >= 0.6 is 0 Å². The predicted molar refractivity (Wildman–Crippen MR) is 85.0 cm³/mol. The third-order valence-electron chi connectivity index (χ3n) is 3.36. The van der Waals surface area contributed by atoms with Crippen molar-refractivity contribution in [3.8, 4) is 5.75 Å². The molecule has 116 valence electrons. The molecule has 0 radical (unpaired) electrons. The van der Waals surface area contributed by atoms with Crippen LogP contribution in [-0.2, 0) is 10.0 Å². The van der Waals surface area contributed by atoms with E-state index >= 15 is 0 Å². The normalized spacial score (nSPS) is 11.0. The lowest BCUT2D eigenvalue weighted by Crippen LogP contribution is -2.26. The third kappa shape index (κ3) is 3.12. The van der Waals surface area contributed by atoms with E-state index in [1.165, 1.54) is 42.5 Å². The lowest BCUT2D eigenvalue weighted by molar-refractivity contribution is 0.101. The quantitative estimate of drug-likeness (QED) is 0.795. The minimum atomic E-state index is -3.67. The number of Topliss-reactive ketones (excluding diaryl/α,β-unsaturated/α-hetero) is 1. The molecule has 22 heavy (non-hydrogen) atoms. The van der Waals surface area contributed by atoms with Crippen LogP contribution < -0.4 is 9.04 Å². The Bertz CT molecular complexity index is 765. The topological polar surface area (TPSA) is 63.7 Å². The van der Waals surface area contributed by atoms with E-state index in [-0.39, 0.29) is 10.7 Å². The van der Waals surface area contributed by atoms with Crippen LogP contribution in [0.2, 0.25) is 0 Å². The first-order valence-electron chi connectivity index (χ1n) is 6.60. The average Bonchev–Trinajstić information content (AvgIpc) is 2.54. The molecule has 0 bridgehead atoms. The van der Waals surface area contributed by atoms with Gasteiger partial charge in [-0.2, -0.15) is 0 Å². The number of hydrogen-bond acceptors (Lipinski definition) is 4. The van der Waals surface area contributed by atoms with Gasteiger partial charge in [0, 0.05) is 12.6 Å². The van der Waals surface area contributed by atoms with Crippen LogP contribution in [0, 0.1) is 0 Å². The molecule has 0 fully saturated rings. The zero-order valence-electron chi connectivity index (χ0n) is 12.6. The highest BCUT2D eigenvalue weighted by molar-refractivity contribution is 7.92. The molecule has 2 aromatic rings. The standard InChI is InChI=1S/C16H17NO4S/c1-12(18)13-4-10-16(11-5-13)22(19,20)17(2)14-6-8-15(21-3)9-7-14/h4-11H,1-3H3. The van der Waals surface area contributed by atoms with Crippen molar-refractivity contribution in [1.82, 2.24) is 0 Å². The number of hydrogen-bond donors (Lipinski definition) is 0. The van der Waals surface area contributed by atoms with Crippen molar-refractivity contribution in [2.24, 2.45) is 0 Å². The van der Waals surface area contributed by atoms with Crippen LogP contribution in [0.4, 0.5) is 5.69 Å². The van der Waals surface area contributed by atoms with E-state index in [1.807, 2.05) is 0 Å². The lowest BCUT2D eigenvalue weighted by atomic mass is 10.2. The van der Waals surface area contributed by atoms with Crippen LogP contribution in [0.1, 0.15) is 17.3 Å². The third-order valence-corrected chi connectivity index (χ3v) is 5.16. The molecule has 0 atom stereocenters. The second kappa shape index (κ2) is 6.19. The van der Waals surface area contributed by atoms with Gasteiger partial charge < -0.3 is 4.74 Å². The Kier molecular flexibility index (Phi) is 4.51. The second-order valence-electron chi connectivity index (χ2n) is 4.75. The Balaban J connectivity index is 2.33. The molecule has 0 saturated heterocycles. The predicted octanol–water partition coefficient (Wildman–Crippen LogP) is 2.72. The first-order chi connectivity index (χ1) is 10.4. The van der Waals surface area contributed by atoms with E-state index in [2.05, 4.69) is 0 Å². The Hall–Kier alpha value is -2.34. The van der Waals surface area contributed by atoms with E-state index in [0.717, 1.165) is 0 Å². The molecular formula is C16H17NO4S. The number of ether oxygens (including phenoxy) is 1. The monoisotopic (exact) mass is 319 g/mol. The lowest BCUT2D eigenvalue weighted by Gasteiger charge is -2.19. The molecule has 2 aromatic carbocycles. The van der Waals surface area contributed by atoms with E-state index in [4.69, 9.17) is 4.74 Å². The van der Waals surface area contributed by atoms with Gasteiger partial charge in [-0.1, -0.05) is 12.1 Å². The van der Waals surface area contributed by atoms with Crippen LogP contribution in [0.15, 0.2) is 53.4 Å². The summed E-state index contributed by atoms with van der Waals surface area (Å²) in [6, 6.07) is 12.6. The van der Waals surface area contributed by atoms with Crippen LogP contribution in [0.3, 0.4) is 0 Å². The van der Waals surface area contributed by atoms with E-state index in [1.54, 1.807) is 31.4 Å². The first kappa shape index (κ1) is 16.0. The Morgan fingerprint density at radius 2 is 1.55 bits per heavy atom.